The van der Waals surface area contributed by atoms with E-state index in [-0.39, 0.29) is 6.61 Å². The third-order valence-corrected chi connectivity index (χ3v) is 2.50. The first-order valence-corrected chi connectivity index (χ1v) is 5.44. The topological polar surface area (TPSA) is 43.7 Å². The Morgan fingerprint density at radius 1 is 1.29 bits per heavy atom. The first-order valence-electron chi connectivity index (χ1n) is 5.44. The van der Waals surface area contributed by atoms with Crippen LogP contribution in [0.2, 0.25) is 0 Å². The van der Waals surface area contributed by atoms with E-state index in [1.807, 2.05) is 4.90 Å². The van der Waals surface area contributed by atoms with Crippen LogP contribution in [0.25, 0.3) is 0 Å². The second-order valence-electron chi connectivity index (χ2n) is 4.10. The van der Waals surface area contributed by atoms with Crippen molar-refractivity contribution in [2.45, 2.75) is 12.5 Å². The Bertz CT molecular complexity index is 360. The van der Waals surface area contributed by atoms with Crippen LogP contribution >= 0.6 is 0 Å². The lowest BCUT2D eigenvalue weighted by molar-refractivity contribution is 0.0669. The highest BCUT2D eigenvalue weighted by molar-refractivity contribution is 5.18. The van der Waals surface area contributed by atoms with E-state index in [4.69, 9.17) is 5.11 Å². The molecule has 1 unspecified atom stereocenters. The quantitative estimate of drug-likeness (QED) is 0.779. The maximum Gasteiger partial charge on any atom is 0.159 e. The smallest absolute Gasteiger partial charge is 0.159 e. The molecule has 0 aliphatic rings. The zero-order valence-corrected chi connectivity index (χ0v) is 9.74. The first kappa shape index (κ1) is 14.0. The van der Waals surface area contributed by atoms with Gasteiger partial charge in [-0.3, -0.25) is 0 Å². The predicted octanol–water partition coefficient (Wildman–Crippen LogP) is 0.792. The van der Waals surface area contributed by atoms with Gasteiger partial charge in [0, 0.05) is 13.1 Å². The monoisotopic (exact) mass is 245 g/mol. The maximum absolute atomic E-state index is 12.9. The molecule has 1 rings (SSSR count). The van der Waals surface area contributed by atoms with Crippen LogP contribution in [0.3, 0.4) is 0 Å². The van der Waals surface area contributed by atoms with Gasteiger partial charge in [-0.05, 0) is 31.2 Å². The number of halogens is 2. The summed E-state index contributed by atoms with van der Waals surface area (Å²) in [5, 5.41) is 17.9. The van der Waals surface area contributed by atoms with E-state index in [0.717, 1.165) is 6.07 Å². The third-order valence-electron chi connectivity index (χ3n) is 2.50. The lowest BCUT2D eigenvalue weighted by Gasteiger charge is -2.19. The van der Waals surface area contributed by atoms with Crippen molar-refractivity contribution in [3.8, 4) is 0 Å². The molecule has 0 saturated carbocycles. The van der Waals surface area contributed by atoms with Crippen molar-refractivity contribution in [1.29, 1.82) is 0 Å². The molecule has 3 nitrogen and oxygen atoms in total. The second kappa shape index (κ2) is 6.64. The van der Waals surface area contributed by atoms with Gasteiger partial charge in [-0.25, -0.2) is 8.78 Å². The van der Waals surface area contributed by atoms with Crippen molar-refractivity contribution < 1.29 is 19.0 Å². The Labute approximate surface area is 99.3 Å². The average molecular weight is 245 g/mol. The molecule has 1 aromatic carbocycles. The molecule has 0 radical (unpaired) electrons. The van der Waals surface area contributed by atoms with Crippen LogP contribution < -0.4 is 0 Å². The Balaban J connectivity index is 2.42. The van der Waals surface area contributed by atoms with E-state index in [2.05, 4.69) is 0 Å². The van der Waals surface area contributed by atoms with Crippen molar-refractivity contribution >= 4 is 0 Å². The van der Waals surface area contributed by atoms with Crippen molar-refractivity contribution in [1.82, 2.24) is 4.90 Å². The third kappa shape index (κ3) is 4.77. The molecule has 0 heterocycles. The fraction of sp³-hybridized carbons (Fsp3) is 0.500. The molecule has 5 heteroatoms. The van der Waals surface area contributed by atoms with Gasteiger partial charge in [0.05, 0.1) is 12.7 Å². The molecule has 0 fully saturated rings. The summed E-state index contributed by atoms with van der Waals surface area (Å²) in [5.41, 5.74) is 0.703. The Hall–Kier alpha value is -1.04. The minimum atomic E-state index is -0.849. The molecule has 17 heavy (non-hydrogen) atoms. The van der Waals surface area contributed by atoms with Crippen LogP contribution in [0.1, 0.15) is 5.56 Å². The number of hydrogen-bond acceptors (Lipinski definition) is 3. The van der Waals surface area contributed by atoms with E-state index >= 15 is 0 Å². The fourth-order valence-corrected chi connectivity index (χ4v) is 1.52. The van der Waals surface area contributed by atoms with Crippen LogP contribution in [0, 0.1) is 11.6 Å². The summed E-state index contributed by atoms with van der Waals surface area (Å²) in [6.07, 6.45) is -0.212. The minimum absolute atomic E-state index is 0.282. The number of aliphatic hydroxyl groups is 2. The minimum Gasteiger partial charge on any atom is -0.394 e. The standard InChI is InChI=1S/C12H17F2NO2/c1-15(7-10(17)8-16)5-4-9-2-3-11(13)12(14)6-9/h2-3,6,10,16-17H,4-5,7-8H2,1H3. The molecule has 96 valence electrons. The number of rotatable bonds is 6. The van der Waals surface area contributed by atoms with Gasteiger partial charge in [-0.2, -0.15) is 0 Å². The van der Waals surface area contributed by atoms with Gasteiger partial charge in [0.2, 0.25) is 0 Å². The number of likely N-dealkylation sites (N-methyl/N-ethyl adjacent to an activating group) is 1. The highest BCUT2D eigenvalue weighted by Crippen LogP contribution is 2.09. The van der Waals surface area contributed by atoms with Crippen molar-refractivity contribution in [2.75, 3.05) is 26.7 Å². The van der Waals surface area contributed by atoms with Crippen LogP contribution in [0.15, 0.2) is 18.2 Å². The Kier molecular flexibility index (Phi) is 5.47. The predicted molar refractivity (Wildman–Crippen MR) is 60.7 cm³/mol. The molecule has 0 spiro atoms. The SMILES string of the molecule is CN(CCc1ccc(F)c(F)c1)CC(O)CO. The molecule has 0 aliphatic heterocycles. The van der Waals surface area contributed by atoms with Crippen molar-refractivity contribution in [2.24, 2.45) is 0 Å². The molecule has 0 aliphatic carbocycles. The summed E-state index contributed by atoms with van der Waals surface area (Å²) >= 11 is 0. The number of aliphatic hydroxyl groups excluding tert-OH is 2. The summed E-state index contributed by atoms with van der Waals surface area (Å²) in [6, 6.07) is 3.81. The lowest BCUT2D eigenvalue weighted by Crippen LogP contribution is -2.32. The van der Waals surface area contributed by atoms with E-state index in [0.29, 0.717) is 25.1 Å². The van der Waals surface area contributed by atoms with Crippen LogP contribution in [0.4, 0.5) is 8.78 Å². The molecule has 1 aromatic rings. The van der Waals surface area contributed by atoms with E-state index in [1.165, 1.54) is 12.1 Å². The number of benzene rings is 1. The highest BCUT2D eigenvalue weighted by atomic mass is 19.2. The molecule has 0 aromatic heterocycles. The first-order chi connectivity index (χ1) is 8.02. The summed E-state index contributed by atoms with van der Waals surface area (Å²) < 4.78 is 25.6. The van der Waals surface area contributed by atoms with Gasteiger partial charge in [0.15, 0.2) is 11.6 Å². The van der Waals surface area contributed by atoms with Gasteiger partial charge in [-0.1, -0.05) is 6.07 Å². The summed E-state index contributed by atoms with van der Waals surface area (Å²) in [4.78, 5) is 1.82. The van der Waals surface area contributed by atoms with Gasteiger partial charge in [0.25, 0.3) is 0 Å². The lowest BCUT2D eigenvalue weighted by atomic mass is 10.1. The van der Waals surface area contributed by atoms with E-state index in [1.54, 1.807) is 7.05 Å². The van der Waals surface area contributed by atoms with Gasteiger partial charge >= 0.3 is 0 Å². The Morgan fingerprint density at radius 2 is 2.00 bits per heavy atom. The fourth-order valence-electron chi connectivity index (χ4n) is 1.52. The van der Waals surface area contributed by atoms with Gasteiger partial charge in [0.1, 0.15) is 0 Å². The van der Waals surface area contributed by atoms with E-state index < -0.39 is 17.7 Å². The van der Waals surface area contributed by atoms with Crippen molar-refractivity contribution in [3.63, 3.8) is 0 Å². The van der Waals surface area contributed by atoms with Crippen LogP contribution in [0.5, 0.6) is 0 Å². The molecule has 0 amide bonds. The second-order valence-corrected chi connectivity index (χ2v) is 4.10. The molecule has 1 atom stereocenters. The normalized spacial score (nSPS) is 13.1. The average Bonchev–Trinajstić information content (AvgIpc) is 2.30. The summed E-state index contributed by atoms with van der Waals surface area (Å²) in [6.45, 7) is 0.665. The largest absolute Gasteiger partial charge is 0.394 e. The highest BCUT2D eigenvalue weighted by Gasteiger charge is 2.07. The van der Waals surface area contributed by atoms with Gasteiger partial charge < -0.3 is 15.1 Å². The van der Waals surface area contributed by atoms with Crippen LogP contribution in [-0.2, 0) is 6.42 Å². The molecule has 0 bridgehead atoms. The molecular weight excluding hydrogens is 228 g/mol. The zero-order chi connectivity index (χ0) is 12.8. The molecule has 0 saturated heterocycles. The summed E-state index contributed by atoms with van der Waals surface area (Å²) in [5.74, 6) is -1.70. The molecular formula is C12H17F2NO2. The summed E-state index contributed by atoms with van der Waals surface area (Å²) in [7, 11) is 1.79. The number of nitrogens with zero attached hydrogens (tertiary/aromatic N) is 1. The molecule has 2 N–H and O–H groups in total. The van der Waals surface area contributed by atoms with Crippen molar-refractivity contribution in [3.05, 3.63) is 35.4 Å². The van der Waals surface area contributed by atoms with Gasteiger partial charge in [-0.15, -0.1) is 0 Å². The van der Waals surface area contributed by atoms with E-state index in [9.17, 15) is 13.9 Å². The van der Waals surface area contributed by atoms with Crippen LogP contribution in [-0.4, -0.2) is 48.0 Å². The maximum atomic E-state index is 12.9. The Morgan fingerprint density at radius 3 is 2.59 bits per heavy atom. The zero-order valence-electron chi connectivity index (χ0n) is 9.74. The number of hydrogen-bond donors (Lipinski definition) is 2.